The number of unbranched alkanes of at least 4 members (excludes halogenated alkanes) is 1. The lowest BCUT2D eigenvalue weighted by Crippen LogP contribution is -2.22. The van der Waals surface area contributed by atoms with Crippen molar-refractivity contribution in [3.63, 3.8) is 0 Å². The van der Waals surface area contributed by atoms with Crippen LogP contribution >= 0.6 is 0 Å². The van der Waals surface area contributed by atoms with Gasteiger partial charge < -0.3 is 4.74 Å². The van der Waals surface area contributed by atoms with Gasteiger partial charge in [-0.3, -0.25) is 4.79 Å². The molecule has 0 bridgehead atoms. The summed E-state index contributed by atoms with van der Waals surface area (Å²) in [6.07, 6.45) is 1.96. The summed E-state index contributed by atoms with van der Waals surface area (Å²) < 4.78 is 4.74. The summed E-state index contributed by atoms with van der Waals surface area (Å²) in [7, 11) is 0. The third kappa shape index (κ3) is 4.46. The van der Waals surface area contributed by atoms with Crippen LogP contribution in [0.5, 0.6) is 0 Å². The predicted octanol–water partition coefficient (Wildman–Crippen LogP) is 2.16. The van der Waals surface area contributed by atoms with Crippen molar-refractivity contribution < 1.29 is 9.53 Å². The van der Waals surface area contributed by atoms with Gasteiger partial charge in [0.25, 0.3) is 0 Å². The molecule has 0 saturated carbocycles. The van der Waals surface area contributed by atoms with E-state index in [1.807, 2.05) is 19.1 Å². The second kappa shape index (κ2) is 6.84. The molecule has 0 aliphatic carbocycles. The van der Waals surface area contributed by atoms with Crippen molar-refractivity contribution in [2.24, 2.45) is 5.41 Å². The van der Waals surface area contributed by atoms with Crippen LogP contribution < -0.4 is 0 Å². The standard InChI is InChI=1S/C11H16N2O2/c1-3-5-6-11(8-12,9-13)7-10(14)15-4-2/h3-7H2,1-2H3. The minimum Gasteiger partial charge on any atom is -0.466 e. The van der Waals surface area contributed by atoms with Crippen molar-refractivity contribution in [3.8, 4) is 12.1 Å². The highest BCUT2D eigenvalue weighted by Gasteiger charge is 2.33. The minimum absolute atomic E-state index is 0.131. The summed E-state index contributed by atoms with van der Waals surface area (Å²) in [5.41, 5.74) is -1.21. The monoisotopic (exact) mass is 208 g/mol. The Morgan fingerprint density at radius 3 is 2.33 bits per heavy atom. The quantitative estimate of drug-likeness (QED) is 0.627. The zero-order valence-electron chi connectivity index (χ0n) is 9.25. The summed E-state index contributed by atoms with van der Waals surface area (Å²) in [4.78, 5) is 11.2. The molecule has 0 aromatic heterocycles. The fraction of sp³-hybridized carbons (Fsp3) is 0.727. The second-order valence-corrected chi connectivity index (χ2v) is 3.39. The van der Waals surface area contributed by atoms with E-state index in [-0.39, 0.29) is 13.0 Å². The average molecular weight is 208 g/mol. The first kappa shape index (κ1) is 13.4. The van der Waals surface area contributed by atoms with E-state index in [1.54, 1.807) is 6.92 Å². The molecule has 0 rings (SSSR count). The highest BCUT2D eigenvalue weighted by atomic mass is 16.5. The molecule has 0 aromatic carbocycles. The Balaban J connectivity index is 4.46. The summed E-state index contributed by atoms with van der Waals surface area (Å²) >= 11 is 0. The molecule has 0 fully saturated rings. The Morgan fingerprint density at radius 2 is 1.93 bits per heavy atom. The number of nitrogens with zero attached hydrogens (tertiary/aromatic N) is 2. The van der Waals surface area contributed by atoms with Gasteiger partial charge in [0.05, 0.1) is 25.2 Å². The fourth-order valence-electron chi connectivity index (χ4n) is 1.24. The Kier molecular flexibility index (Phi) is 6.13. The SMILES string of the molecule is CCCCC(C#N)(C#N)CC(=O)OCC. The first-order valence-electron chi connectivity index (χ1n) is 5.12. The van der Waals surface area contributed by atoms with Crippen molar-refractivity contribution in [2.75, 3.05) is 6.61 Å². The maximum Gasteiger partial charge on any atom is 0.308 e. The number of rotatable bonds is 6. The molecule has 0 aliphatic rings. The van der Waals surface area contributed by atoms with Gasteiger partial charge >= 0.3 is 5.97 Å². The van der Waals surface area contributed by atoms with Crippen molar-refractivity contribution in [3.05, 3.63) is 0 Å². The third-order valence-electron chi connectivity index (χ3n) is 2.14. The van der Waals surface area contributed by atoms with Gasteiger partial charge in [0.15, 0.2) is 5.41 Å². The van der Waals surface area contributed by atoms with Gasteiger partial charge in [0.2, 0.25) is 0 Å². The molecule has 0 aromatic rings. The zero-order chi connectivity index (χ0) is 11.7. The molecule has 0 radical (unpaired) electrons. The molecule has 15 heavy (non-hydrogen) atoms. The van der Waals surface area contributed by atoms with Crippen LogP contribution in [0, 0.1) is 28.1 Å². The number of hydrogen-bond acceptors (Lipinski definition) is 4. The van der Waals surface area contributed by atoms with E-state index in [0.29, 0.717) is 6.42 Å². The number of carbonyl (C=O) groups excluding carboxylic acids is 1. The van der Waals surface area contributed by atoms with Crippen LogP contribution in [0.2, 0.25) is 0 Å². The normalized spacial score (nSPS) is 10.1. The predicted molar refractivity (Wildman–Crippen MR) is 54.4 cm³/mol. The molecule has 4 nitrogen and oxygen atoms in total. The van der Waals surface area contributed by atoms with Crippen molar-refractivity contribution >= 4 is 5.97 Å². The fourth-order valence-corrected chi connectivity index (χ4v) is 1.24. The molecular formula is C11H16N2O2. The number of carbonyl (C=O) groups is 1. The molecule has 0 aliphatic heterocycles. The Labute approximate surface area is 90.4 Å². The average Bonchev–Trinajstić information content (AvgIpc) is 2.25. The van der Waals surface area contributed by atoms with Crippen molar-refractivity contribution in [2.45, 2.75) is 39.5 Å². The van der Waals surface area contributed by atoms with Crippen molar-refractivity contribution in [1.29, 1.82) is 10.5 Å². The number of hydrogen-bond donors (Lipinski definition) is 0. The van der Waals surface area contributed by atoms with E-state index in [0.717, 1.165) is 12.8 Å². The molecule has 0 atom stereocenters. The summed E-state index contributed by atoms with van der Waals surface area (Å²) in [5.74, 6) is -0.475. The maximum absolute atomic E-state index is 11.2. The van der Waals surface area contributed by atoms with Gasteiger partial charge in [-0.2, -0.15) is 10.5 Å². The number of nitriles is 2. The highest BCUT2D eigenvalue weighted by Crippen LogP contribution is 2.27. The first-order chi connectivity index (χ1) is 7.14. The van der Waals surface area contributed by atoms with Crippen LogP contribution in [0.1, 0.15) is 39.5 Å². The second-order valence-electron chi connectivity index (χ2n) is 3.39. The largest absolute Gasteiger partial charge is 0.466 e. The van der Waals surface area contributed by atoms with E-state index >= 15 is 0 Å². The Bertz CT molecular complexity index is 272. The lowest BCUT2D eigenvalue weighted by Gasteiger charge is -2.16. The van der Waals surface area contributed by atoms with Crippen LogP contribution in [-0.2, 0) is 9.53 Å². The van der Waals surface area contributed by atoms with Crippen LogP contribution in [0.3, 0.4) is 0 Å². The summed E-state index contributed by atoms with van der Waals surface area (Å²) in [6.45, 7) is 3.95. The molecule has 0 spiro atoms. The Hall–Kier alpha value is -1.55. The van der Waals surface area contributed by atoms with Gasteiger partial charge in [0.1, 0.15) is 0 Å². The van der Waals surface area contributed by atoms with Crippen molar-refractivity contribution in [1.82, 2.24) is 0 Å². The van der Waals surface area contributed by atoms with E-state index in [9.17, 15) is 4.79 Å². The van der Waals surface area contributed by atoms with Gasteiger partial charge in [-0.05, 0) is 13.3 Å². The molecule has 0 amide bonds. The van der Waals surface area contributed by atoms with Gasteiger partial charge in [-0.25, -0.2) is 0 Å². The smallest absolute Gasteiger partial charge is 0.308 e. The minimum atomic E-state index is -1.21. The first-order valence-corrected chi connectivity index (χ1v) is 5.12. The van der Waals surface area contributed by atoms with Crippen LogP contribution in [0.4, 0.5) is 0 Å². The molecular weight excluding hydrogens is 192 g/mol. The van der Waals surface area contributed by atoms with Gasteiger partial charge in [-0.15, -0.1) is 0 Å². The Morgan fingerprint density at radius 1 is 1.33 bits per heavy atom. The third-order valence-corrected chi connectivity index (χ3v) is 2.14. The highest BCUT2D eigenvalue weighted by molar-refractivity contribution is 5.71. The number of esters is 1. The van der Waals surface area contributed by atoms with Gasteiger partial charge in [-0.1, -0.05) is 19.8 Å². The van der Waals surface area contributed by atoms with E-state index in [1.165, 1.54) is 0 Å². The lowest BCUT2D eigenvalue weighted by molar-refractivity contribution is -0.144. The van der Waals surface area contributed by atoms with Crippen LogP contribution in [0.25, 0.3) is 0 Å². The molecule has 0 unspecified atom stereocenters. The van der Waals surface area contributed by atoms with Crippen LogP contribution in [-0.4, -0.2) is 12.6 Å². The molecule has 82 valence electrons. The molecule has 0 N–H and O–H groups in total. The summed E-state index contributed by atoms with van der Waals surface area (Å²) in [6, 6.07) is 3.85. The lowest BCUT2D eigenvalue weighted by atomic mass is 9.83. The van der Waals surface area contributed by atoms with Gasteiger partial charge in [0, 0.05) is 0 Å². The van der Waals surface area contributed by atoms with E-state index < -0.39 is 11.4 Å². The zero-order valence-corrected chi connectivity index (χ0v) is 9.25. The summed E-state index contributed by atoms with van der Waals surface area (Å²) in [5, 5.41) is 17.9. The van der Waals surface area contributed by atoms with E-state index in [4.69, 9.17) is 15.3 Å². The molecule has 0 saturated heterocycles. The van der Waals surface area contributed by atoms with E-state index in [2.05, 4.69) is 0 Å². The number of ether oxygens (including phenoxy) is 1. The maximum atomic E-state index is 11.2. The molecule has 0 heterocycles. The topological polar surface area (TPSA) is 73.9 Å². The molecule has 4 heteroatoms. The van der Waals surface area contributed by atoms with Crippen LogP contribution in [0.15, 0.2) is 0 Å².